The third kappa shape index (κ3) is 4.24. The van der Waals surface area contributed by atoms with Crippen molar-refractivity contribution < 1.29 is 9.72 Å². The van der Waals surface area contributed by atoms with E-state index in [4.69, 9.17) is 0 Å². The van der Waals surface area contributed by atoms with E-state index in [1.165, 1.54) is 29.8 Å². The van der Waals surface area contributed by atoms with Crippen molar-refractivity contribution in [3.63, 3.8) is 0 Å². The monoisotopic (exact) mass is 287 g/mol. The van der Waals surface area contributed by atoms with Crippen LogP contribution in [0.3, 0.4) is 0 Å². The summed E-state index contributed by atoms with van der Waals surface area (Å²) in [6.07, 6.45) is 7.00. The number of amides is 1. The fourth-order valence-electron chi connectivity index (χ4n) is 2.12. The van der Waals surface area contributed by atoms with E-state index < -0.39 is 4.92 Å². The van der Waals surface area contributed by atoms with Crippen molar-refractivity contribution in [3.05, 3.63) is 51.6 Å². The lowest BCUT2D eigenvalue weighted by Crippen LogP contribution is -2.19. The first-order valence-electron chi connectivity index (χ1n) is 6.80. The number of nitrogens with zero attached hydrogens (tertiary/aromatic N) is 2. The van der Waals surface area contributed by atoms with Crippen molar-refractivity contribution in [2.45, 2.75) is 26.2 Å². The highest BCUT2D eigenvalue weighted by atomic mass is 16.6. The molecule has 1 atom stereocenters. The first kappa shape index (κ1) is 14.9. The molecule has 0 aromatic heterocycles. The summed E-state index contributed by atoms with van der Waals surface area (Å²) in [5.74, 6) is -0.0189. The lowest BCUT2D eigenvalue weighted by Gasteiger charge is -2.15. The van der Waals surface area contributed by atoms with Gasteiger partial charge in [-0.25, -0.2) is 5.43 Å². The van der Waals surface area contributed by atoms with Crippen LogP contribution in [0.25, 0.3) is 0 Å². The summed E-state index contributed by atoms with van der Waals surface area (Å²) >= 11 is 0. The van der Waals surface area contributed by atoms with E-state index in [0.717, 1.165) is 19.3 Å². The van der Waals surface area contributed by atoms with Gasteiger partial charge in [-0.1, -0.05) is 11.6 Å². The molecule has 110 valence electrons. The van der Waals surface area contributed by atoms with E-state index in [-0.39, 0.29) is 11.6 Å². The Balaban J connectivity index is 1.88. The molecule has 0 saturated heterocycles. The van der Waals surface area contributed by atoms with Gasteiger partial charge in [0.25, 0.3) is 11.6 Å². The summed E-state index contributed by atoms with van der Waals surface area (Å²) in [6.45, 7) is 2.11. The predicted octanol–water partition coefficient (Wildman–Crippen LogP) is 3.06. The standard InChI is InChI=1S/C15H17N3O3/c1-11-2-4-12(5-3-11)10-16-17-15(19)13-6-8-14(9-7-13)18(20)21/h2,6-10,12H,3-5H2,1H3,(H,17,19)/b16-10-. The summed E-state index contributed by atoms with van der Waals surface area (Å²) < 4.78 is 0. The zero-order valence-corrected chi connectivity index (χ0v) is 11.8. The molecule has 0 saturated carbocycles. The van der Waals surface area contributed by atoms with Crippen LogP contribution in [-0.2, 0) is 0 Å². The van der Waals surface area contributed by atoms with Crippen molar-refractivity contribution in [2.24, 2.45) is 11.0 Å². The van der Waals surface area contributed by atoms with Crippen LogP contribution in [0.4, 0.5) is 5.69 Å². The second-order valence-corrected chi connectivity index (χ2v) is 5.11. The molecule has 21 heavy (non-hydrogen) atoms. The van der Waals surface area contributed by atoms with Gasteiger partial charge in [-0.3, -0.25) is 14.9 Å². The summed E-state index contributed by atoms with van der Waals surface area (Å²) in [4.78, 5) is 21.8. The number of rotatable bonds is 4. The van der Waals surface area contributed by atoms with Gasteiger partial charge in [0.2, 0.25) is 0 Å². The number of hydrogen-bond donors (Lipinski definition) is 1. The van der Waals surface area contributed by atoms with Gasteiger partial charge in [-0.15, -0.1) is 0 Å². The Kier molecular flexibility index (Phi) is 4.81. The molecule has 0 heterocycles. The molecule has 0 spiro atoms. The van der Waals surface area contributed by atoms with E-state index in [0.29, 0.717) is 11.5 Å². The Morgan fingerprint density at radius 2 is 2.14 bits per heavy atom. The third-order valence-corrected chi connectivity index (χ3v) is 3.47. The van der Waals surface area contributed by atoms with E-state index in [1.807, 2.05) is 0 Å². The molecule has 6 heteroatoms. The summed E-state index contributed by atoms with van der Waals surface area (Å²) in [6, 6.07) is 5.42. The van der Waals surface area contributed by atoms with Crippen molar-refractivity contribution in [1.29, 1.82) is 0 Å². The minimum Gasteiger partial charge on any atom is -0.267 e. The molecular formula is C15H17N3O3. The molecule has 6 nitrogen and oxygen atoms in total. The number of nitro benzene ring substituents is 1. The molecule has 0 aliphatic heterocycles. The minimum atomic E-state index is -0.502. The van der Waals surface area contributed by atoms with Crippen LogP contribution in [0, 0.1) is 16.0 Å². The van der Waals surface area contributed by atoms with Crippen LogP contribution in [0.15, 0.2) is 41.0 Å². The quantitative estimate of drug-likeness (QED) is 0.400. The number of hydrogen-bond acceptors (Lipinski definition) is 4. The number of carbonyl (C=O) groups is 1. The first-order chi connectivity index (χ1) is 10.1. The molecule has 0 bridgehead atoms. The third-order valence-electron chi connectivity index (χ3n) is 3.47. The van der Waals surface area contributed by atoms with Crippen molar-refractivity contribution in [1.82, 2.24) is 5.43 Å². The molecule has 1 unspecified atom stereocenters. The summed E-state index contributed by atoms with van der Waals surface area (Å²) in [5.41, 5.74) is 4.15. The SMILES string of the molecule is CC1=CCC(/C=N\NC(=O)c2ccc([N+](=O)[O-])cc2)CC1. The summed E-state index contributed by atoms with van der Waals surface area (Å²) in [5, 5.41) is 14.5. The highest BCUT2D eigenvalue weighted by Crippen LogP contribution is 2.21. The molecule has 1 aromatic carbocycles. The van der Waals surface area contributed by atoms with Gasteiger partial charge in [0, 0.05) is 23.9 Å². The van der Waals surface area contributed by atoms with Gasteiger partial charge in [0.1, 0.15) is 0 Å². The Morgan fingerprint density at radius 1 is 1.43 bits per heavy atom. The summed E-state index contributed by atoms with van der Waals surface area (Å²) in [7, 11) is 0. The smallest absolute Gasteiger partial charge is 0.267 e. The number of allylic oxidation sites excluding steroid dienone is 2. The highest BCUT2D eigenvalue weighted by molar-refractivity contribution is 5.94. The zero-order valence-electron chi connectivity index (χ0n) is 11.8. The van der Waals surface area contributed by atoms with Crippen LogP contribution in [0.1, 0.15) is 36.5 Å². The van der Waals surface area contributed by atoms with Crippen LogP contribution < -0.4 is 5.43 Å². The van der Waals surface area contributed by atoms with Crippen molar-refractivity contribution in [2.75, 3.05) is 0 Å². The Bertz CT molecular complexity index is 591. The van der Waals surface area contributed by atoms with Gasteiger partial charge in [-0.05, 0) is 44.2 Å². The average molecular weight is 287 g/mol. The number of nitrogens with one attached hydrogen (secondary N) is 1. The minimum absolute atomic E-state index is 0.0422. The van der Waals surface area contributed by atoms with E-state index in [9.17, 15) is 14.9 Å². The zero-order chi connectivity index (χ0) is 15.2. The Morgan fingerprint density at radius 3 is 2.71 bits per heavy atom. The molecule has 0 radical (unpaired) electrons. The first-order valence-corrected chi connectivity index (χ1v) is 6.80. The largest absolute Gasteiger partial charge is 0.271 e. The molecular weight excluding hydrogens is 270 g/mol. The normalized spacial score (nSPS) is 18.3. The second kappa shape index (κ2) is 6.78. The van der Waals surface area contributed by atoms with Gasteiger partial charge in [0.05, 0.1) is 4.92 Å². The predicted molar refractivity (Wildman–Crippen MR) is 80.2 cm³/mol. The van der Waals surface area contributed by atoms with Gasteiger partial charge < -0.3 is 0 Å². The van der Waals surface area contributed by atoms with Crippen LogP contribution in [-0.4, -0.2) is 17.0 Å². The molecule has 1 aromatic rings. The molecule has 1 aliphatic carbocycles. The number of hydrazone groups is 1. The lowest BCUT2D eigenvalue weighted by atomic mass is 9.91. The maximum atomic E-state index is 11.8. The van der Waals surface area contributed by atoms with Crippen molar-refractivity contribution >= 4 is 17.8 Å². The van der Waals surface area contributed by atoms with E-state index >= 15 is 0 Å². The second-order valence-electron chi connectivity index (χ2n) is 5.11. The fourth-order valence-corrected chi connectivity index (χ4v) is 2.12. The lowest BCUT2D eigenvalue weighted by molar-refractivity contribution is -0.384. The number of non-ortho nitro benzene ring substituents is 1. The maximum Gasteiger partial charge on any atom is 0.271 e. The molecule has 1 N–H and O–H groups in total. The number of nitro groups is 1. The maximum absolute atomic E-state index is 11.8. The Labute approximate surface area is 122 Å². The average Bonchev–Trinajstić information content (AvgIpc) is 2.49. The Hall–Kier alpha value is -2.50. The van der Waals surface area contributed by atoms with Crippen LogP contribution in [0.2, 0.25) is 0 Å². The molecule has 1 amide bonds. The van der Waals surface area contributed by atoms with Crippen molar-refractivity contribution in [3.8, 4) is 0 Å². The number of benzene rings is 1. The number of carbonyl (C=O) groups excluding carboxylic acids is 1. The van der Waals surface area contributed by atoms with Gasteiger partial charge in [-0.2, -0.15) is 5.10 Å². The van der Waals surface area contributed by atoms with Gasteiger partial charge >= 0.3 is 0 Å². The molecule has 0 fully saturated rings. The van der Waals surface area contributed by atoms with E-state index in [2.05, 4.69) is 23.5 Å². The topological polar surface area (TPSA) is 84.6 Å². The van der Waals surface area contributed by atoms with Gasteiger partial charge in [0.15, 0.2) is 0 Å². The highest BCUT2D eigenvalue weighted by Gasteiger charge is 2.11. The fraction of sp³-hybridized carbons (Fsp3) is 0.333. The van der Waals surface area contributed by atoms with Crippen LogP contribution >= 0.6 is 0 Å². The van der Waals surface area contributed by atoms with Crippen LogP contribution in [0.5, 0.6) is 0 Å². The molecule has 1 aliphatic rings. The van der Waals surface area contributed by atoms with E-state index in [1.54, 1.807) is 6.21 Å². The molecule has 2 rings (SSSR count).